The van der Waals surface area contributed by atoms with Crippen molar-refractivity contribution in [3.63, 3.8) is 0 Å². The van der Waals surface area contributed by atoms with Crippen molar-refractivity contribution in [2.75, 3.05) is 4.31 Å². The standard InChI is InChI=1S/C16H11FN2O4S/c17-13-8-12(6-5-11(13)9-18)24(22,23)19-14-4-2-1-3-10(14)7-15(19)16(20)21/h1-6,8,15H,7H2,(H,20,21). The summed E-state index contributed by atoms with van der Waals surface area (Å²) >= 11 is 0. The van der Waals surface area contributed by atoms with Crippen LogP contribution in [0.4, 0.5) is 10.1 Å². The first-order valence-electron chi connectivity index (χ1n) is 6.91. The number of fused-ring (bicyclic) bond motifs is 1. The summed E-state index contributed by atoms with van der Waals surface area (Å²) in [5, 5.41) is 18.1. The van der Waals surface area contributed by atoms with Gasteiger partial charge in [0.1, 0.15) is 17.9 Å². The molecule has 0 fully saturated rings. The van der Waals surface area contributed by atoms with E-state index in [1.807, 2.05) is 0 Å². The molecule has 6 nitrogen and oxygen atoms in total. The number of sulfonamides is 1. The van der Waals surface area contributed by atoms with Crippen molar-refractivity contribution >= 4 is 21.7 Å². The van der Waals surface area contributed by atoms with Crippen LogP contribution in [0, 0.1) is 17.1 Å². The van der Waals surface area contributed by atoms with Gasteiger partial charge in [0.2, 0.25) is 0 Å². The number of carboxylic acids is 1. The van der Waals surface area contributed by atoms with E-state index in [2.05, 4.69) is 0 Å². The van der Waals surface area contributed by atoms with Gasteiger partial charge in [-0.1, -0.05) is 18.2 Å². The molecule has 2 aromatic rings. The van der Waals surface area contributed by atoms with Crippen LogP contribution in [0.25, 0.3) is 0 Å². The number of anilines is 1. The zero-order valence-corrected chi connectivity index (χ0v) is 13.0. The second-order valence-electron chi connectivity index (χ2n) is 5.24. The topological polar surface area (TPSA) is 98.5 Å². The maximum Gasteiger partial charge on any atom is 0.327 e. The number of rotatable bonds is 3. The van der Waals surface area contributed by atoms with Crippen molar-refractivity contribution in [3.8, 4) is 6.07 Å². The Morgan fingerprint density at radius 1 is 1.29 bits per heavy atom. The number of aliphatic carboxylic acids is 1. The lowest BCUT2D eigenvalue weighted by atomic mass is 10.1. The van der Waals surface area contributed by atoms with Crippen LogP contribution in [-0.4, -0.2) is 25.5 Å². The number of hydrogen-bond acceptors (Lipinski definition) is 4. The van der Waals surface area contributed by atoms with E-state index in [4.69, 9.17) is 5.26 Å². The normalized spacial score (nSPS) is 16.5. The van der Waals surface area contributed by atoms with Gasteiger partial charge in [0.05, 0.1) is 16.1 Å². The van der Waals surface area contributed by atoms with Crippen molar-refractivity contribution in [1.82, 2.24) is 0 Å². The maximum atomic E-state index is 13.8. The van der Waals surface area contributed by atoms with Crippen LogP contribution in [0.15, 0.2) is 47.4 Å². The molecular formula is C16H11FN2O4S. The van der Waals surface area contributed by atoms with Crippen LogP contribution in [0.3, 0.4) is 0 Å². The first-order valence-corrected chi connectivity index (χ1v) is 8.35. The lowest BCUT2D eigenvalue weighted by Gasteiger charge is -2.24. The third-order valence-electron chi connectivity index (χ3n) is 3.83. The lowest BCUT2D eigenvalue weighted by molar-refractivity contribution is -0.138. The molecule has 1 unspecified atom stereocenters. The molecule has 24 heavy (non-hydrogen) atoms. The van der Waals surface area contributed by atoms with Crippen molar-refractivity contribution in [3.05, 3.63) is 59.4 Å². The molecule has 0 radical (unpaired) electrons. The molecule has 0 spiro atoms. The van der Waals surface area contributed by atoms with Gasteiger partial charge >= 0.3 is 5.97 Å². The summed E-state index contributed by atoms with van der Waals surface area (Å²) in [4.78, 5) is 11.1. The van der Waals surface area contributed by atoms with Crippen LogP contribution in [0.2, 0.25) is 0 Å². The van der Waals surface area contributed by atoms with E-state index in [0.717, 1.165) is 22.5 Å². The zero-order chi connectivity index (χ0) is 17.5. The Balaban J connectivity index is 2.16. The highest BCUT2D eigenvalue weighted by atomic mass is 32.2. The number of carboxylic acid groups (broad SMARTS) is 1. The minimum absolute atomic E-state index is 0.0312. The van der Waals surface area contributed by atoms with Crippen molar-refractivity contribution in [2.45, 2.75) is 17.4 Å². The fourth-order valence-corrected chi connectivity index (χ4v) is 4.36. The van der Waals surface area contributed by atoms with Gasteiger partial charge in [-0.2, -0.15) is 5.26 Å². The largest absolute Gasteiger partial charge is 0.480 e. The minimum Gasteiger partial charge on any atom is -0.480 e. The van der Waals surface area contributed by atoms with Gasteiger partial charge in [-0.3, -0.25) is 4.31 Å². The predicted octanol–water partition coefficient (Wildman–Crippen LogP) is 1.90. The van der Waals surface area contributed by atoms with Crippen LogP contribution >= 0.6 is 0 Å². The molecule has 3 rings (SSSR count). The Morgan fingerprint density at radius 2 is 2.00 bits per heavy atom. The van der Waals surface area contributed by atoms with E-state index < -0.39 is 32.7 Å². The van der Waals surface area contributed by atoms with Gasteiger partial charge in [-0.05, 0) is 29.8 Å². The molecule has 1 N–H and O–H groups in total. The molecule has 122 valence electrons. The molecular weight excluding hydrogens is 335 g/mol. The van der Waals surface area contributed by atoms with Gasteiger partial charge in [0.25, 0.3) is 10.0 Å². The van der Waals surface area contributed by atoms with Gasteiger partial charge in [0.15, 0.2) is 0 Å². The number of hydrogen-bond donors (Lipinski definition) is 1. The molecule has 1 aliphatic rings. The third kappa shape index (κ3) is 2.39. The monoisotopic (exact) mass is 346 g/mol. The molecule has 0 bridgehead atoms. The molecule has 0 amide bonds. The van der Waals surface area contributed by atoms with E-state index in [1.54, 1.807) is 24.3 Å². The highest BCUT2D eigenvalue weighted by Crippen LogP contribution is 2.37. The summed E-state index contributed by atoms with van der Waals surface area (Å²) < 4.78 is 40.3. The van der Waals surface area contributed by atoms with Crippen molar-refractivity contribution in [2.24, 2.45) is 0 Å². The number of carbonyl (C=O) groups is 1. The van der Waals surface area contributed by atoms with Gasteiger partial charge < -0.3 is 5.11 Å². The van der Waals surface area contributed by atoms with E-state index in [1.165, 1.54) is 6.07 Å². The number of nitrogens with zero attached hydrogens (tertiary/aromatic N) is 2. The molecule has 0 saturated carbocycles. The Hall–Kier alpha value is -2.92. The average molecular weight is 346 g/mol. The third-order valence-corrected chi connectivity index (χ3v) is 5.65. The maximum absolute atomic E-state index is 13.8. The Labute approximate surface area is 137 Å². The quantitative estimate of drug-likeness (QED) is 0.915. The number of para-hydroxylation sites is 1. The SMILES string of the molecule is N#Cc1ccc(S(=O)(=O)N2c3ccccc3CC2C(=O)O)cc1F. The number of nitriles is 1. The molecule has 0 saturated heterocycles. The Bertz CT molecular complexity index is 982. The minimum atomic E-state index is -4.29. The molecule has 0 aliphatic carbocycles. The molecule has 1 heterocycles. The summed E-state index contributed by atoms with van der Waals surface area (Å²) in [5.41, 5.74) is 0.558. The van der Waals surface area contributed by atoms with E-state index in [0.29, 0.717) is 5.56 Å². The predicted molar refractivity (Wildman–Crippen MR) is 82.3 cm³/mol. The number of halogens is 1. The molecule has 1 aliphatic heterocycles. The van der Waals surface area contributed by atoms with Crippen molar-refractivity contribution < 1.29 is 22.7 Å². The first kappa shape index (κ1) is 16.0. The second-order valence-corrected chi connectivity index (χ2v) is 7.06. The van der Waals surface area contributed by atoms with Gasteiger partial charge in [0, 0.05) is 6.42 Å². The summed E-state index contributed by atoms with van der Waals surface area (Å²) in [5.74, 6) is -2.26. The fraction of sp³-hybridized carbons (Fsp3) is 0.125. The van der Waals surface area contributed by atoms with Gasteiger partial charge in [-0.25, -0.2) is 17.6 Å². The number of benzene rings is 2. The average Bonchev–Trinajstić information content (AvgIpc) is 2.95. The van der Waals surface area contributed by atoms with Crippen LogP contribution in [0.5, 0.6) is 0 Å². The second kappa shape index (κ2) is 5.62. The first-order chi connectivity index (χ1) is 11.4. The molecule has 2 aromatic carbocycles. The fourth-order valence-electron chi connectivity index (χ4n) is 2.70. The highest BCUT2D eigenvalue weighted by Gasteiger charge is 2.42. The highest BCUT2D eigenvalue weighted by molar-refractivity contribution is 7.93. The summed E-state index contributed by atoms with van der Waals surface area (Å²) in [6, 6.07) is 9.64. The summed E-state index contributed by atoms with van der Waals surface area (Å²) in [7, 11) is -4.29. The van der Waals surface area contributed by atoms with Gasteiger partial charge in [-0.15, -0.1) is 0 Å². The van der Waals surface area contributed by atoms with E-state index in [9.17, 15) is 22.7 Å². The summed E-state index contributed by atoms with van der Waals surface area (Å²) in [6.45, 7) is 0. The lowest BCUT2D eigenvalue weighted by Crippen LogP contribution is -2.42. The van der Waals surface area contributed by atoms with Crippen LogP contribution in [-0.2, 0) is 21.2 Å². The summed E-state index contributed by atoms with van der Waals surface area (Å²) in [6.07, 6.45) is 0.0312. The zero-order valence-electron chi connectivity index (χ0n) is 12.2. The van der Waals surface area contributed by atoms with E-state index in [-0.39, 0.29) is 17.7 Å². The molecule has 0 aromatic heterocycles. The van der Waals surface area contributed by atoms with Crippen LogP contribution in [0.1, 0.15) is 11.1 Å². The van der Waals surface area contributed by atoms with Crippen molar-refractivity contribution in [1.29, 1.82) is 5.26 Å². The Morgan fingerprint density at radius 3 is 2.62 bits per heavy atom. The molecule has 8 heteroatoms. The Kier molecular flexibility index (Phi) is 3.73. The molecule has 1 atom stereocenters. The van der Waals surface area contributed by atoms with Crippen LogP contribution < -0.4 is 4.31 Å². The smallest absolute Gasteiger partial charge is 0.327 e. The van der Waals surface area contributed by atoms with E-state index >= 15 is 0 Å².